The molecule has 19 heavy (non-hydrogen) atoms. The van der Waals surface area contributed by atoms with Gasteiger partial charge in [-0.05, 0) is 36.6 Å². The first-order valence-electron chi connectivity index (χ1n) is 6.00. The highest BCUT2D eigenvalue weighted by molar-refractivity contribution is 7.89. The summed E-state index contributed by atoms with van der Waals surface area (Å²) in [6.45, 7) is 1.44. The van der Waals surface area contributed by atoms with E-state index in [-0.39, 0.29) is 11.3 Å². The van der Waals surface area contributed by atoms with Gasteiger partial charge in [-0.15, -0.1) is 0 Å². The lowest BCUT2D eigenvalue weighted by molar-refractivity contribution is -0.137. The highest BCUT2D eigenvalue weighted by atomic mass is 32.2. The van der Waals surface area contributed by atoms with Crippen LogP contribution in [0.3, 0.4) is 0 Å². The fourth-order valence-corrected chi connectivity index (χ4v) is 2.84. The van der Waals surface area contributed by atoms with Crippen molar-refractivity contribution in [1.29, 1.82) is 0 Å². The number of carboxylic acid groups (broad SMARTS) is 1. The van der Waals surface area contributed by atoms with Crippen molar-refractivity contribution in [2.24, 2.45) is 5.14 Å². The lowest BCUT2D eigenvalue weighted by Crippen LogP contribution is -2.22. The zero-order chi connectivity index (χ0) is 14.0. The molecule has 0 amide bonds. The number of carbonyl (C=O) groups is 1. The van der Waals surface area contributed by atoms with E-state index in [0.29, 0.717) is 13.0 Å². The summed E-state index contributed by atoms with van der Waals surface area (Å²) in [6, 6.07) is 4.83. The summed E-state index contributed by atoms with van der Waals surface area (Å²) in [7, 11) is -3.67. The molecule has 1 aromatic carbocycles. The molecule has 0 atom stereocenters. The Balaban J connectivity index is 2.11. The molecular weight excluding hydrogens is 268 g/mol. The predicted octanol–water partition coefficient (Wildman–Crippen LogP) is 0.561. The predicted molar refractivity (Wildman–Crippen MR) is 70.6 cm³/mol. The minimum atomic E-state index is -3.67. The van der Waals surface area contributed by atoms with Gasteiger partial charge in [0.2, 0.25) is 10.0 Å². The van der Waals surface area contributed by atoms with Gasteiger partial charge in [0, 0.05) is 25.2 Å². The Morgan fingerprint density at radius 2 is 2.16 bits per heavy atom. The number of hydrogen-bond acceptors (Lipinski definition) is 4. The second-order valence-corrected chi connectivity index (χ2v) is 6.13. The number of benzene rings is 1. The normalized spacial score (nSPS) is 14.5. The molecule has 0 aromatic heterocycles. The molecule has 1 aliphatic heterocycles. The zero-order valence-electron chi connectivity index (χ0n) is 10.4. The number of primary sulfonamides is 1. The van der Waals surface area contributed by atoms with E-state index >= 15 is 0 Å². The van der Waals surface area contributed by atoms with Crippen molar-refractivity contribution in [3.8, 4) is 0 Å². The van der Waals surface area contributed by atoms with Crippen LogP contribution < -0.4 is 10.0 Å². The van der Waals surface area contributed by atoms with Crippen molar-refractivity contribution in [2.75, 3.05) is 18.0 Å². The van der Waals surface area contributed by atoms with Crippen molar-refractivity contribution in [3.63, 3.8) is 0 Å². The van der Waals surface area contributed by atoms with Crippen LogP contribution >= 0.6 is 0 Å². The van der Waals surface area contributed by atoms with E-state index in [1.165, 1.54) is 6.07 Å². The van der Waals surface area contributed by atoms with Gasteiger partial charge in [0.15, 0.2) is 0 Å². The summed E-state index contributed by atoms with van der Waals surface area (Å²) < 4.78 is 22.5. The number of rotatable bonds is 5. The minimum Gasteiger partial charge on any atom is -0.481 e. The van der Waals surface area contributed by atoms with E-state index in [2.05, 4.69) is 4.90 Å². The fraction of sp³-hybridized carbons (Fsp3) is 0.417. The Bertz CT molecular complexity index is 598. The van der Waals surface area contributed by atoms with Crippen molar-refractivity contribution >= 4 is 21.7 Å². The maximum Gasteiger partial charge on any atom is 0.303 e. The van der Waals surface area contributed by atoms with E-state index < -0.39 is 16.0 Å². The first-order chi connectivity index (χ1) is 8.88. The second kappa shape index (κ2) is 5.18. The molecule has 7 heteroatoms. The summed E-state index contributed by atoms with van der Waals surface area (Å²) in [5.41, 5.74) is 1.92. The average molecular weight is 284 g/mol. The van der Waals surface area contributed by atoms with Crippen molar-refractivity contribution in [3.05, 3.63) is 23.8 Å². The molecular formula is C12H16N2O4S. The first-order valence-corrected chi connectivity index (χ1v) is 7.55. The molecule has 0 saturated heterocycles. The lowest BCUT2D eigenvalue weighted by Gasteiger charge is -2.18. The average Bonchev–Trinajstić information content (AvgIpc) is 2.70. The van der Waals surface area contributed by atoms with Gasteiger partial charge in [0.25, 0.3) is 0 Å². The van der Waals surface area contributed by atoms with Gasteiger partial charge >= 0.3 is 5.97 Å². The molecule has 1 aliphatic rings. The van der Waals surface area contributed by atoms with Gasteiger partial charge in [0.05, 0.1) is 4.90 Å². The van der Waals surface area contributed by atoms with E-state index in [4.69, 9.17) is 10.2 Å². The van der Waals surface area contributed by atoms with Gasteiger partial charge in [-0.2, -0.15) is 0 Å². The second-order valence-electron chi connectivity index (χ2n) is 4.57. The number of carboxylic acids is 1. The van der Waals surface area contributed by atoms with E-state index in [0.717, 1.165) is 24.2 Å². The van der Waals surface area contributed by atoms with Crippen molar-refractivity contribution in [2.45, 2.75) is 24.2 Å². The Morgan fingerprint density at radius 1 is 1.42 bits per heavy atom. The minimum absolute atomic E-state index is 0.124. The third-order valence-corrected chi connectivity index (χ3v) is 4.10. The first kappa shape index (κ1) is 13.8. The van der Waals surface area contributed by atoms with Crippen LogP contribution in [0.2, 0.25) is 0 Å². The van der Waals surface area contributed by atoms with Crippen molar-refractivity contribution < 1.29 is 18.3 Å². The Hall–Kier alpha value is -1.60. The molecule has 0 radical (unpaired) electrons. The molecule has 0 saturated carbocycles. The number of hydrogen-bond donors (Lipinski definition) is 2. The summed E-state index contributed by atoms with van der Waals surface area (Å²) in [5.74, 6) is -0.802. The summed E-state index contributed by atoms with van der Waals surface area (Å²) >= 11 is 0. The fourth-order valence-electron chi connectivity index (χ4n) is 2.28. The van der Waals surface area contributed by atoms with Crippen LogP contribution in [0, 0.1) is 0 Å². The van der Waals surface area contributed by atoms with Gasteiger partial charge in [-0.25, -0.2) is 13.6 Å². The summed E-state index contributed by atoms with van der Waals surface area (Å²) in [4.78, 5) is 12.7. The number of sulfonamides is 1. The maximum absolute atomic E-state index is 11.3. The van der Waals surface area contributed by atoms with Crippen LogP contribution in [0.25, 0.3) is 0 Å². The molecule has 0 aliphatic carbocycles. The van der Waals surface area contributed by atoms with Gasteiger partial charge in [-0.1, -0.05) is 0 Å². The Morgan fingerprint density at radius 3 is 2.79 bits per heavy atom. The number of nitrogens with zero attached hydrogens (tertiary/aromatic N) is 1. The number of anilines is 1. The molecule has 0 unspecified atom stereocenters. The SMILES string of the molecule is NS(=O)(=O)c1ccc2c(c1)CCN2CCCC(=O)O. The molecule has 0 bridgehead atoms. The van der Waals surface area contributed by atoms with Crippen LogP contribution in [-0.4, -0.2) is 32.6 Å². The highest BCUT2D eigenvalue weighted by Crippen LogP contribution is 2.29. The monoisotopic (exact) mass is 284 g/mol. The Labute approximate surface area is 111 Å². The van der Waals surface area contributed by atoms with Gasteiger partial charge in [-0.3, -0.25) is 4.79 Å². The van der Waals surface area contributed by atoms with Crippen molar-refractivity contribution in [1.82, 2.24) is 0 Å². The molecule has 1 aromatic rings. The molecule has 0 fully saturated rings. The van der Waals surface area contributed by atoms with Crippen LogP contribution in [0.4, 0.5) is 5.69 Å². The molecule has 0 spiro atoms. The zero-order valence-corrected chi connectivity index (χ0v) is 11.2. The molecule has 3 N–H and O–H groups in total. The standard InChI is InChI=1S/C12H16N2O4S/c13-19(17,18)10-3-4-11-9(8-10)5-7-14(11)6-1-2-12(15)16/h3-4,8H,1-2,5-7H2,(H,15,16)(H2,13,17,18). The van der Waals surface area contributed by atoms with E-state index in [9.17, 15) is 13.2 Å². The number of aliphatic carboxylic acids is 1. The maximum atomic E-state index is 11.3. The van der Waals surface area contributed by atoms with Gasteiger partial charge in [0.1, 0.15) is 0 Å². The topological polar surface area (TPSA) is 101 Å². The molecule has 2 rings (SSSR count). The Kier molecular flexibility index (Phi) is 3.77. The molecule has 104 valence electrons. The van der Waals surface area contributed by atoms with Crippen LogP contribution in [-0.2, 0) is 21.2 Å². The van der Waals surface area contributed by atoms with Gasteiger partial charge < -0.3 is 10.0 Å². The smallest absolute Gasteiger partial charge is 0.303 e. The van der Waals surface area contributed by atoms with E-state index in [1.54, 1.807) is 12.1 Å². The molecule has 1 heterocycles. The van der Waals surface area contributed by atoms with Crippen LogP contribution in [0.5, 0.6) is 0 Å². The highest BCUT2D eigenvalue weighted by Gasteiger charge is 2.21. The lowest BCUT2D eigenvalue weighted by atomic mass is 10.2. The number of fused-ring (bicyclic) bond motifs is 1. The summed E-state index contributed by atoms with van der Waals surface area (Å²) in [5, 5.41) is 13.7. The largest absolute Gasteiger partial charge is 0.481 e. The van der Waals surface area contributed by atoms with Crippen LogP contribution in [0.1, 0.15) is 18.4 Å². The molecule has 6 nitrogen and oxygen atoms in total. The van der Waals surface area contributed by atoms with Crippen LogP contribution in [0.15, 0.2) is 23.1 Å². The third kappa shape index (κ3) is 3.24. The van der Waals surface area contributed by atoms with E-state index in [1.807, 2.05) is 0 Å². The third-order valence-electron chi connectivity index (χ3n) is 3.19. The number of nitrogens with two attached hydrogens (primary N) is 1. The quantitative estimate of drug-likeness (QED) is 0.823. The summed E-state index contributed by atoms with van der Waals surface area (Å²) in [6.07, 6.45) is 1.47.